The quantitative estimate of drug-likeness (QED) is 0.118. The Balaban J connectivity index is 0.000000163. The summed E-state index contributed by atoms with van der Waals surface area (Å²) in [6, 6.07) is 86.1. The van der Waals surface area contributed by atoms with Crippen molar-refractivity contribution in [3.05, 3.63) is 269 Å². The molecule has 1 aliphatic carbocycles. The van der Waals surface area contributed by atoms with Crippen molar-refractivity contribution in [3.63, 3.8) is 0 Å². The van der Waals surface area contributed by atoms with E-state index in [0.717, 1.165) is 89.0 Å². The number of phenols is 2. The van der Waals surface area contributed by atoms with E-state index in [2.05, 4.69) is 123 Å². The largest absolute Gasteiger partial charge is 2.00 e. The van der Waals surface area contributed by atoms with Crippen LogP contribution in [0.1, 0.15) is 25.7 Å². The van der Waals surface area contributed by atoms with Crippen LogP contribution in [0.2, 0.25) is 0 Å². The van der Waals surface area contributed by atoms with E-state index in [1.165, 1.54) is 25.7 Å². The molecule has 0 aromatic heterocycles. The molecule has 1 fully saturated rings. The third-order valence-electron chi connectivity index (χ3n) is 13.3. The van der Waals surface area contributed by atoms with Gasteiger partial charge in [-0.05, 0) is 78.9 Å². The first-order valence-corrected chi connectivity index (χ1v) is 24.4. The fourth-order valence-electron chi connectivity index (χ4n) is 9.59. The molecule has 0 aliphatic heterocycles. The van der Waals surface area contributed by atoms with Crippen molar-refractivity contribution in [3.8, 4) is 101 Å². The van der Waals surface area contributed by atoms with Crippen LogP contribution in [0.3, 0.4) is 0 Å². The number of benzene rings is 10. The molecule has 3 heteroatoms. The molecule has 1 aliphatic rings. The maximum Gasteiger partial charge on any atom is 2.00 e. The van der Waals surface area contributed by atoms with Crippen LogP contribution in [0.15, 0.2) is 255 Å². The summed E-state index contributed by atoms with van der Waals surface area (Å²) in [7, 11) is 0. The number of hydrogen-bond acceptors (Lipinski definition) is 2. The molecule has 0 spiro atoms. The second kappa shape index (κ2) is 24.4. The SMILES string of the molecule is Oc1c(-c2ccccc2)c(-c2ccccc2)cc(-c2ccccc2)c1-c1ccccc1.Oc1c(-c2ccccc2)c(-c2ccccc2)cc(-c2ccccc2)c1-c1ccccc1.[CH2-][C@@H]1CCCC[C@H]1[CH2-].[Ti+2]. The standard InChI is InChI=1S/2C30H22O.C8H14.Ti/c2*31-30-28(24-17-9-3-10-18-24)26(22-13-5-1-6-14-22)21-27(23-15-7-2-8-16-23)29(30)25-19-11-4-12-20-25;1-7-5-3-4-6-8(7)2;/h2*1-21,31H;7-8H,1-6H2;/q;;-2;+2/t;;7-,8-;/m..1./s1. The Labute approximate surface area is 435 Å². The Bertz CT molecular complexity index is 2780. The van der Waals surface area contributed by atoms with Gasteiger partial charge in [-0.2, -0.15) is 11.8 Å². The van der Waals surface area contributed by atoms with Crippen molar-refractivity contribution < 1.29 is 31.9 Å². The van der Waals surface area contributed by atoms with Crippen LogP contribution in [-0.4, -0.2) is 10.2 Å². The van der Waals surface area contributed by atoms with Gasteiger partial charge < -0.3 is 24.1 Å². The smallest absolute Gasteiger partial charge is 0.507 e. The third kappa shape index (κ3) is 11.8. The molecule has 71 heavy (non-hydrogen) atoms. The number of aromatic hydroxyl groups is 2. The predicted octanol–water partition coefficient (Wildman–Crippen LogP) is 18.6. The summed E-state index contributed by atoms with van der Waals surface area (Å²) in [5, 5.41) is 23.6. The molecule has 0 heterocycles. The predicted molar refractivity (Wildman–Crippen MR) is 296 cm³/mol. The third-order valence-corrected chi connectivity index (χ3v) is 13.3. The Morgan fingerprint density at radius 3 is 0.606 bits per heavy atom. The van der Waals surface area contributed by atoms with Crippen molar-refractivity contribution in [2.75, 3.05) is 0 Å². The zero-order valence-electron chi connectivity index (χ0n) is 40.0. The van der Waals surface area contributed by atoms with E-state index in [1.807, 2.05) is 146 Å². The molecule has 2 atom stereocenters. The van der Waals surface area contributed by atoms with Crippen molar-refractivity contribution in [1.29, 1.82) is 0 Å². The van der Waals surface area contributed by atoms with E-state index >= 15 is 0 Å². The maximum atomic E-state index is 11.8. The van der Waals surface area contributed by atoms with Gasteiger partial charge in [-0.3, -0.25) is 0 Å². The van der Waals surface area contributed by atoms with Crippen LogP contribution in [0, 0.1) is 25.7 Å². The second-order valence-corrected chi connectivity index (χ2v) is 17.9. The van der Waals surface area contributed by atoms with Crippen LogP contribution in [0.4, 0.5) is 0 Å². The van der Waals surface area contributed by atoms with E-state index in [-0.39, 0.29) is 21.7 Å². The molecule has 346 valence electrons. The second-order valence-electron chi connectivity index (χ2n) is 17.9. The molecule has 2 N–H and O–H groups in total. The fourth-order valence-corrected chi connectivity index (χ4v) is 9.59. The molecule has 10 aromatic rings. The van der Waals surface area contributed by atoms with Gasteiger partial charge in [-0.15, -0.1) is 0 Å². The summed E-state index contributed by atoms with van der Waals surface area (Å²) in [4.78, 5) is 0. The van der Waals surface area contributed by atoms with Crippen LogP contribution in [-0.2, 0) is 21.7 Å². The van der Waals surface area contributed by atoms with E-state index in [9.17, 15) is 10.2 Å². The van der Waals surface area contributed by atoms with Crippen molar-refractivity contribution in [2.45, 2.75) is 25.7 Å². The number of rotatable bonds is 8. The first kappa shape index (κ1) is 49.9. The fraction of sp³-hybridized carbons (Fsp3) is 0.0882. The van der Waals surface area contributed by atoms with Gasteiger partial charge in [0.15, 0.2) is 0 Å². The molecule has 0 radical (unpaired) electrons. The van der Waals surface area contributed by atoms with E-state index in [1.54, 1.807) is 0 Å². The van der Waals surface area contributed by atoms with Crippen LogP contribution in [0.25, 0.3) is 89.0 Å². The minimum absolute atomic E-state index is 0. The minimum Gasteiger partial charge on any atom is -0.507 e. The Kier molecular flexibility index (Phi) is 17.1. The van der Waals surface area contributed by atoms with Gasteiger partial charge in [0.25, 0.3) is 0 Å². The zero-order valence-corrected chi connectivity index (χ0v) is 41.6. The molecular formula is C68H58O2Ti. The van der Waals surface area contributed by atoms with Crippen LogP contribution >= 0.6 is 0 Å². The average Bonchev–Trinajstić information content (AvgIpc) is 3.43. The van der Waals surface area contributed by atoms with Gasteiger partial charge >= 0.3 is 21.7 Å². The van der Waals surface area contributed by atoms with Gasteiger partial charge in [0.05, 0.1) is 0 Å². The Morgan fingerprint density at radius 1 is 0.268 bits per heavy atom. The Hall–Kier alpha value is -7.49. The molecule has 1 saturated carbocycles. The van der Waals surface area contributed by atoms with Gasteiger partial charge in [0, 0.05) is 22.3 Å². The number of phenolic OH excluding ortho intramolecular Hbond substituents is 2. The molecule has 11 rings (SSSR count). The average molecular weight is 955 g/mol. The summed E-state index contributed by atoms with van der Waals surface area (Å²) in [5.41, 5.74) is 15.8. The molecular weight excluding hydrogens is 897 g/mol. The summed E-state index contributed by atoms with van der Waals surface area (Å²) in [6.07, 6.45) is 5.35. The van der Waals surface area contributed by atoms with E-state index < -0.39 is 0 Å². The maximum absolute atomic E-state index is 11.8. The molecule has 10 aromatic carbocycles. The summed E-state index contributed by atoms with van der Waals surface area (Å²) in [6.45, 7) is 8.03. The van der Waals surface area contributed by atoms with Crippen molar-refractivity contribution in [2.24, 2.45) is 11.8 Å². The van der Waals surface area contributed by atoms with Gasteiger partial charge in [0.1, 0.15) is 11.5 Å². The first-order valence-electron chi connectivity index (χ1n) is 24.4. The molecule has 0 amide bonds. The molecule has 0 unspecified atom stereocenters. The van der Waals surface area contributed by atoms with Gasteiger partial charge in [0.2, 0.25) is 0 Å². The Morgan fingerprint density at radius 2 is 0.437 bits per heavy atom. The summed E-state index contributed by atoms with van der Waals surface area (Å²) < 4.78 is 0. The topological polar surface area (TPSA) is 40.5 Å². The first-order chi connectivity index (χ1) is 34.5. The summed E-state index contributed by atoms with van der Waals surface area (Å²) >= 11 is 0. The van der Waals surface area contributed by atoms with Gasteiger partial charge in [-0.25, -0.2) is 0 Å². The monoisotopic (exact) mass is 954 g/mol. The minimum atomic E-state index is 0. The normalized spacial score (nSPS) is 13.8. The van der Waals surface area contributed by atoms with E-state index in [4.69, 9.17) is 0 Å². The molecule has 0 saturated heterocycles. The van der Waals surface area contributed by atoms with Crippen LogP contribution in [0.5, 0.6) is 11.5 Å². The zero-order chi connectivity index (χ0) is 48.1. The molecule has 0 bridgehead atoms. The summed E-state index contributed by atoms with van der Waals surface area (Å²) in [5.74, 6) is 1.89. The van der Waals surface area contributed by atoms with Crippen molar-refractivity contribution in [1.82, 2.24) is 0 Å². The van der Waals surface area contributed by atoms with Crippen molar-refractivity contribution >= 4 is 0 Å². The molecule has 2 nitrogen and oxygen atoms in total. The van der Waals surface area contributed by atoms with Crippen LogP contribution < -0.4 is 0 Å². The number of hydrogen-bond donors (Lipinski definition) is 2. The van der Waals surface area contributed by atoms with E-state index in [0.29, 0.717) is 23.3 Å². The van der Waals surface area contributed by atoms with Gasteiger partial charge in [-0.1, -0.05) is 268 Å².